The molecule has 8 bridgehead atoms. The van der Waals surface area contributed by atoms with Crippen molar-refractivity contribution < 1.29 is 19.2 Å². The minimum absolute atomic E-state index is 0.137. The molecule has 0 unspecified atom stereocenters. The van der Waals surface area contributed by atoms with Crippen LogP contribution >= 0.6 is 0 Å². The van der Waals surface area contributed by atoms with Crippen LogP contribution in [0.15, 0.2) is 84.9 Å². The summed E-state index contributed by atoms with van der Waals surface area (Å²) in [6, 6.07) is 24.2. The molecule has 10 nitrogen and oxygen atoms in total. The summed E-state index contributed by atoms with van der Waals surface area (Å²) in [6.07, 6.45) is 0. The molecule has 4 aromatic rings. The summed E-state index contributed by atoms with van der Waals surface area (Å²) in [5.41, 5.74) is 3.95. The van der Waals surface area contributed by atoms with E-state index in [0.29, 0.717) is 0 Å². The Bertz CT molecular complexity index is 1340. The van der Waals surface area contributed by atoms with Crippen molar-refractivity contribution in [1.82, 2.24) is 31.2 Å². The average Bonchev–Trinajstić information content (AvgIpc) is 3.00. The summed E-state index contributed by atoms with van der Waals surface area (Å²) >= 11 is 0. The lowest BCUT2D eigenvalue weighted by atomic mass is 10.1. The van der Waals surface area contributed by atoms with Crippen LogP contribution in [-0.4, -0.2) is 33.6 Å². The fourth-order valence-electron chi connectivity index (χ4n) is 4.02. The smallest absolute Gasteiger partial charge is 0.270 e. The van der Waals surface area contributed by atoms with Crippen molar-refractivity contribution in [1.29, 1.82) is 0 Å². The van der Waals surface area contributed by atoms with Gasteiger partial charge in [-0.3, -0.25) is 19.2 Å². The summed E-state index contributed by atoms with van der Waals surface area (Å²) in [5, 5.41) is 11.2. The molecule has 0 radical (unpaired) electrons. The predicted molar refractivity (Wildman–Crippen MR) is 146 cm³/mol. The van der Waals surface area contributed by atoms with E-state index in [1.54, 1.807) is 36.4 Å². The van der Waals surface area contributed by atoms with Crippen LogP contribution in [0.5, 0.6) is 0 Å². The SMILES string of the molecule is O=C1NCc2ccc(cc2)CNC(=O)c2cccc(n2)C(=O)NCc2ccc(cc2)CNC(=O)c2cccc1n2. The van der Waals surface area contributed by atoms with Crippen LogP contribution in [0.25, 0.3) is 0 Å². The molecule has 2 aromatic heterocycles. The van der Waals surface area contributed by atoms with Gasteiger partial charge in [0.15, 0.2) is 0 Å². The number of amides is 4. The van der Waals surface area contributed by atoms with Crippen molar-refractivity contribution in [2.24, 2.45) is 0 Å². The lowest BCUT2D eigenvalue weighted by molar-refractivity contribution is 0.0925. The van der Waals surface area contributed by atoms with Crippen LogP contribution in [0.2, 0.25) is 0 Å². The number of hydrogen-bond donors (Lipinski definition) is 4. The quantitative estimate of drug-likeness (QED) is 0.273. The number of benzene rings is 2. The molecule has 8 rings (SSSR count). The molecule has 0 aliphatic carbocycles. The van der Waals surface area contributed by atoms with E-state index in [4.69, 9.17) is 0 Å². The van der Waals surface area contributed by atoms with Gasteiger partial charge in [0.05, 0.1) is 0 Å². The molecule has 4 aliphatic heterocycles. The predicted octanol–water partition coefficient (Wildman–Crippen LogP) is 2.51. The topological polar surface area (TPSA) is 142 Å². The summed E-state index contributed by atoms with van der Waals surface area (Å²) in [4.78, 5) is 59.1. The Labute approximate surface area is 230 Å². The van der Waals surface area contributed by atoms with Gasteiger partial charge in [-0.2, -0.15) is 0 Å². The van der Waals surface area contributed by atoms with Gasteiger partial charge in [0.1, 0.15) is 22.8 Å². The lowest BCUT2D eigenvalue weighted by Gasteiger charge is -2.10. The van der Waals surface area contributed by atoms with E-state index in [0.717, 1.165) is 22.3 Å². The monoisotopic (exact) mass is 534 g/mol. The number of aromatic nitrogens is 2. The molecule has 6 heterocycles. The molecule has 0 spiro atoms. The zero-order valence-electron chi connectivity index (χ0n) is 21.4. The molecule has 0 fully saturated rings. The van der Waals surface area contributed by atoms with Crippen LogP contribution in [0, 0.1) is 0 Å². The molecular formula is C30H26N6O4. The lowest BCUT2D eigenvalue weighted by Crippen LogP contribution is -2.28. The first-order valence-electron chi connectivity index (χ1n) is 12.7. The van der Waals surface area contributed by atoms with Gasteiger partial charge in [-0.1, -0.05) is 60.7 Å². The van der Waals surface area contributed by atoms with Gasteiger partial charge in [0.2, 0.25) is 0 Å². The van der Waals surface area contributed by atoms with E-state index in [2.05, 4.69) is 31.2 Å². The molecule has 0 saturated carbocycles. The number of rotatable bonds is 0. The highest BCUT2D eigenvalue weighted by Gasteiger charge is 2.14. The second kappa shape index (κ2) is 12.0. The van der Waals surface area contributed by atoms with E-state index in [9.17, 15) is 19.2 Å². The van der Waals surface area contributed by atoms with Gasteiger partial charge >= 0.3 is 0 Å². The Morgan fingerprint density at radius 3 is 0.825 bits per heavy atom. The summed E-state index contributed by atoms with van der Waals surface area (Å²) < 4.78 is 0. The van der Waals surface area contributed by atoms with Gasteiger partial charge in [0.25, 0.3) is 23.6 Å². The standard InChI is InChI=1S/C30H26N6O4/c37-27-23-3-1-4-24(35-23)28(38)32-16-20-9-13-22(14-10-20)18-34-30(40)26-6-2-5-25(36-26)29(39)33-17-21-11-7-19(8-12-21)15-31-27/h1-14H,15-18H2,(H,31,37)(H,32,38)(H,33,39)(H,34,40). The van der Waals surface area contributed by atoms with Crippen LogP contribution in [-0.2, 0) is 26.2 Å². The van der Waals surface area contributed by atoms with Gasteiger partial charge in [-0.15, -0.1) is 0 Å². The van der Waals surface area contributed by atoms with E-state index < -0.39 is 23.6 Å². The summed E-state index contributed by atoms with van der Waals surface area (Å²) in [6.45, 7) is 1.05. The first-order valence-corrected chi connectivity index (χ1v) is 12.7. The van der Waals surface area contributed by atoms with Crippen molar-refractivity contribution >= 4 is 23.6 Å². The maximum atomic E-state index is 12.7. The zero-order valence-corrected chi connectivity index (χ0v) is 21.4. The third-order valence-corrected chi connectivity index (χ3v) is 6.29. The van der Waals surface area contributed by atoms with Crippen LogP contribution in [0.3, 0.4) is 0 Å². The first kappa shape index (κ1) is 26.2. The maximum Gasteiger partial charge on any atom is 0.270 e. The molecule has 0 saturated heterocycles. The molecule has 10 heteroatoms. The van der Waals surface area contributed by atoms with Crippen LogP contribution in [0.1, 0.15) is 64.2 Å². The fourth-order valence-corrected chi connectivity index (χ4v) is 4.02. The van der Waals surface area contributed by atoms with Crippen molar-refractivity contribution in [3.8, 4) is 0 Å². The van der Waals surface area contributed by atoms with Crippen molar-refractivity contribution in [2.45, 2.75) is 26.2 Å². The van der Waals surface area contributed by atoms with Crippen LogP contribution < -0.4 is 21.3 Å². The van der Waals surface area contributed by atoms with E-state index >= 15 is 0 Å². The highest BCUT2D eigenvalue weighted by Crippen LogP contribution is 2.09. The molecule has 0 atom stereocenters. The van der Waals surface area contributed by atoms with E-state index in [-0.39, 0.29) is 49.0 Å². The largest absolute Gasteiger partial charge is 0.347 e. The van der Waals surface area contributed by atoms with Crippen molar-refractivity contribution in [3.05, 3.63) is 130 Å². The number of nitrogens with zero attached hydrogens (tertiary/aromatic N) is 2. The molecule has 4 amide bonds. The van der Waals surface area contributed by atoms with Gasteiger partial charge < -0.3 is 21.3 Å². The minimum atomic E-state index is -0.398. The molecular weight excluding hydrogens is 508 g/mol. The Morgan fingerprint density at radius 2 is 0.600 bits per heavy atom. The molecule has 40 heavy (non-hydrogen) atoms. The molecule has 2 aromatic carbocycles. The van der Waals surface area contributed by atoms with Crippen molar-refractivity contribution in [2.75, 3.05) is 0 Å². The number of carbonyl (C=O) groups excluding carboxylic acids is 4. The molecule has 4 N–H and O–H groups in total. The number of hydrogen-bond acceptors (Lipinski definition) is 6. The van der Waals surface area contributed by atoms with Gasteiger partial charge in [-0.05, 0) is 46.5 Å². The number of carbonyl (C=O) groups is 4. The molecule has 4 aliphatic rings. The minimum Gasteiger partial charge on any atom is -0.347 e. The highest BCUT2D eigenvalue weighted by molar-refractivity contribution is 5.97. The first-order chi connectivity index (χ1) is 19.4. The zero-order chi connectivity index (χ0) is 27.9. The third-order valence-electron chi connectivity index (χ3n) is 6.29. The van der Waals surface area contributed by atoms with Gasteiger partial charge in [-0.25, -0.2) is 9.97 Å². The summed E-state index contributed by atoms with van der Waals surface area (Å²) in [5.74, 6) is -1.59. The average molecular weight is 535 g/mol. The number of pyridine rings is 2. The Balaban J connectivity index is 1.36. The second-order valence-corrected chi connectivity index (χ2v) is 9.18. The van der Waals surface area contributed by atoms with Gasteiger partial charge in [0, 0.05) is 26.2 Å². The number of nitrogens with one attached hydrogen (secondary N) is 4. The Kier molecular flexibility index (Phi) is 7.87. The summed E-state index contributed by atoms with van der Waals surface area (Å²) in [7, 11) is 0. The Morgan fingerprint density at radius 1 is 0.375 bits per heavy atom. The highest BCUT2D eigenvalue weighted by atomic mass is 16.2. The van der Waals surface area contributed by atoms with Crippen molar-refractivity contribution in [3.63, 3.8) is 0 Å². The van der Waals surface area contributed by atoms with Crippen LogP contribution in [0.4, 0.5) is 0 Å². The van der Waals surface area contributed by atoms with E-state index in [1.807, 2.05) is 48.5 Å². The fraction of sp³-hybridized carbons (Fsp3) is 0.133. The molecule has 200 valence electrons. The second-order valence-electron chi connectivity index (χ2n) is 9.18. The normalized spacial score (nSPS) is 14.6. The maximum absolute atomic E-state index is 12.7. The third kappa shape index (κ3) is 6.54. The van der Waals surface area contributed by atoms with E-state index in [1.165, 1.54) is 0 Å². The Hall–Kier alpha value is -5.38.